The molecule has 0 bridgehead atoms. The van der Waals surface area contributed by atoms with Crippen LogP contribution in [0.4, 0.5) is 0 Å². The number of hydrogen-bond donors (Lipinski definition) is 2. The molecule has 4 nitrogen and oxygen atoms in total. The molecule has 1 aromatic heterocycles. The van der Waals surface area contributed by atoms with Gasteiger partial charge in [0, 0.05) is 24.9 Å². The van der Waals surface area contributed by atoms with Crippen molar-refractivity contribution >= 4 is 5.91 Å². The third-order valence-corrected chi connectivity index (χ3v) is 3.63. The van der Waals surface area contributed by atoms with Crippen molar-refractivity contribution in [3.63, 3.8) is 0 Å². The number of piperidine rings is 1. The Kier molecular flexibility index (Phi) is 5.45. The molecule has 1 aliphatic heterocycles. The number of furan rings is 1. The highest BCUT2D eigenvalue weighted by Gasteiger charge is 2.15. The van der Waals surface area contributed by atoms with E-state index in [9.17, 15) is 4.79 Å². The molecule has 2 atom stereocenters. The van der Waals surface area contributed by atoms with Crippen LogP contribution in [0.2, 0.25) is 0 Å². The fraction of sp³-hybridized carbons (Fsp3) is 0.667. The van der Waals surface area contributed by atoms with Gasteiger partial charge in [0.2, 0.25) is 5.91 Å². The van der Waals surface area contributed by atoms with Gasteiger partial charge in [0.05, 0.1) is 6.26 Å². The Hall–Kier alpha value is -1.29. The highest BCUT2D eigenvalue weighted by Crippen LogP contribution is 2.12. The van der Waals surface area contributed by atoms with Crippen molar-refractivity contribution in [3.05, 3.63) is 24.2 Å². The van der Waals surface area contributed by atoms with Crippen molar-refractivity contribution in [1.82, 2.24) is 10.6 Å². The maximum Gasteiger partial charge on any atom is 0.220 e. The summed E-state index contributed by atoms with van der Waals surface area (Å²) in [6.07, 6.45) is 7.73. The van der Waals surface area contributed by atoms with E-state index in [1.165, 1.54) is 19.3 Å². The topological polar surface area (TPSA) is 54.3 Å². The summed E-state index contributed by atoms with van der Waals surface area (Å²) in [5, 5.41) is 6.50. The summed E-state index contributed by atoms with van der Waals surface area (Å²) in [7, 11) is 0. The average Bonchev–Trinajstić information content (AvgIpc) is 2.90. The van der Waals surface area contributed by atoms with E-state index in [0.29, 0.717) is 12.5 Å². The molecule has 19 heavy (non-hydrogen) atoms. The van der Waals surface area contributed by atoms with E-state index in [2.05, 4.69) is 10.6 Å². The van der Waals surface area contributed by atoms with Gasteiger partial charge in [-0.3, -0.25) is 4.79 Å². The van der Waals surface area contributed by atoms with E-state index in [4.69, 9.17) is 4.42 Å². The zero-order valence-corrected chi connectivity index (χ0v) is 11.7. The first-order valence-electron chi connectivity index (χ1n) is 7.29. The number of hydrogen-bond acceptors (Lipinski definition) is 3. The minimum atomic E-state index is 0.123. The summed E-state index contributed by atoms with van der Waals surface area (Å²) >= 11 is 0. The Morgan fingerprint density at radius 2 is 2.47 bits per heavy atom. The Balaban J connectivity index is 1.63. The van der Waals surface area contributed by atoms with Crippen LogP contribution in [0.1, 0.15) is 44.8 Å². The van der Waals surface area contributed by atoms with Gasteiger partial charge in [0.1, 0.15) is 5.76 Å². The predicted octanol–water partition coefficient (Wildman–Crippen LogP) is 2.25. The third-order valence-electron chi connectivity index (χ3n) is 3.63. The van der Waals surface area contributed by atoms with Crippen LogP contribution in [-0.2, 0) is 11.2 Å². The van der Waals surface area contributed by atoms with Gasteiger partial charge in [-0.1, -0.05) is 6.42 Å². The van der Waals surface area contributed by atoms with Crippen molar-refractivity contribution in [2.24, 2.45) is 0 Å². The van der Waals surface area contributed by atoms with Crippen LogP contribution >= 0.6 is 0 Å². The van der Waals surface area contributed by atoms with E-state index >= 15 is 0 Å². The molecule has 1 amide bonds. The molecule has 0 aliphatic carbocycles. The molecule has 2 N–H and O–H groups in total. The smallest absolute Gasteiger partial charge is 0.220 e. The van der Waals surface area contributed by atoms with Gasteiger partial charge in [-0.15, -0.1) is 0 Å². The molecule has 1 aliphatic rings. The average molecular weight is 264 g/mol. The fourth-order valence-electron chi connectivity index (χ4n) is 2.60. The Bertz CT molecular complexity index is 370. The predicted molar refractivity (Wildman–Crippen MR) is 74.9 cm³/mol. The highest BCUT2D eigenvalue weighted by atomic mass is 16.3. The van der Waals surface area contributed by atoms with Crippen LogP contribution in [-0.4, -0.2) is 24.5 Å². The summed E-state index contributed by atoms with van der Waals surface area (Å²) in [4.78, 5) is 11.9. The van der Waals surface area contributed by atoms with Crippen molar-refractivity contribution in [1.29, 1.82) is 0 Å². The minimum absolute atomic E-state index is 0.123. The normalized spacial score (nSPS) is 21.0. The van der Waals surface area contributed by atoms with E-state index in [1.54, 1.807) is 6.26 Å². The van der Waals surface area contributed by atoms with E-state index in [1.807, 2.05) is 19.1 Å². The van der Waals surface area contributed by atoms with Gasteiger partial charge in [0.25, 0.3) is 0 Å². The zero-order valence-electron chi connectivity index (χ0n) is 11.7. The van der Waals surface area contributed by atoms with Crippen LogP contribution in [0, 0.1) is 0 Å². The lowest BCUT2D eigenvalue weighted by Gasteiger charge is -2.23. The summed E-state index contributed by atoms with van der Waals surface area (Å²) in [6, 6.07) is 4.46. The summed E-state index contributed by atoms with van der Waals surface area (Å²) in [5.74, 6) is 1.06. The first-order valence-corrected chi connectivity index (χ1v) is 7.29. The SMILES string of the molecule is CC(Cc1ccco1)NC(=O)CCC1CCCCN1. The standard InChI is InChI=1S/C15H24N2O2/c1-12(11-14-6-4-10-19-14)17-15(18)8-7-13-5-2-3-9-16-13/h4,6,10,12-13,16H,2-3,5,7-9,11H2,1H3,(H,17,18). The van der Waals surface area contributed by atoms with E-state index in [-0.39, 0.29) is 11.9 Å². The van der Waals surface area contributed by atoms with Crippen LogP contribution in [0.25, 0.3) is 0 Å². The maximum atomic E-state index is 11.9. The molecule has 1 fully saturated rings. The Morgan fingerprint density at radius 3 is 3.16 bits per heavy atom. The molecular weight excluding hydrogens is 240 g/mol. The second-order valence-electron chi connectivity index (χ2n) is 5.44. The molecular formula is C15H24N2O2. The van der Waals surface area contributed by atoms with Crippen LogP contribution in [0.3, 0.4) is 0 Å². The molecule has 0 spiro atoms. The molecule has 1 saturated heterocycles. The Labute approximate surface area is 114 Å². The van der Waals surface area contributed by atoms with Gasteiger partial charge in [-0.05, 0) is 44.9 Å². The molecule has 0 saturated carbocycles. The van der Waals surface area contributed by atoms with Crippen LogP contribution in [0.5, 0.6) is 0 Å². The molecule has 2 unspecified atom stereocenters. The molecule has 106 valence electrons. The third kappa shape index (κ3) is 5.07. The molecule has 4 heteroatoms. The summed E-state index contributed by atoms with van der Waals surface area (Å²) in [6.45, 7) is 3.11. The van der Waals surface area contributed by atoms with Crippen molar-refractivity contribution in [2.75, 3.05) is 6.54 Å². The molecule has 0 aromatic carbocycles. The second-order valence-corrected chi connectivity index (χ2v) is 5.44. The number of carbonyl (C=O) groups excluding carboxylic acids is 1. The number of nitrogens with one attached hydrogen (secondary N) is 2. The summed E-state index contributed by atoms with van der Waals surface area (Å²) < 4.78 is 5.28. The van der Waals surface area contributed by atoms with E-state index < -0.39 is 0 Å². The fourth-order valence-corrected chi connectivity index (χ4v) is 2.60. The lowest BCUT2D eigenvalue weighted by molar-refractivity contribution is -0.121. The monoisotopic (exact) mass is 264 g/mol. The second kappa shape index (κ2) is 7.34. The first-order chi connectivity index (χ1) is 9.24. The lowest BCUT2D eigenvalue weighted by Crippen LogP contribution is -2.37. The number of amides is 1. The highest BCUT2D eigenvalue weighted by molar-refractivity contribution is 5.76. The Morgan fingerprint density at radius 1 is 1.58 bits per heavy atom. The van der Waals surface area contributed by atoms with Gasteiger partial charge in [0.15, 0.2) is 0 Å². The molecule has 2 rings (SSSR count). The maximum absolute atomic E-state index is 11.9. The van der Waals surface area contributed by atoms with Gasteiger partial charge in [-0.25, -0.2) is 0 Å². The van der Waals surface area contributed by atoms with Crippen LogP contribution in [0.15, 0.2) is 22.8 Å². The molecule has 0 radical (unpaired) electrons. The van der Waals surface area contributed by atoms with Gasteiger partial charge < -0.3 is 15.1 Å². The molecule has 1 aromatic rings. The van der Waals surface area contributed by atoms with Crippen molar-refractivity contribution in [2.45, 2.75) is 57.5 Å². The lowest BCUT2D eigenvalue weighted by atomic mass is 10.0. The van der Waals surface area contributed by atoms with Crippen molar-refractivity contribution < 1.29 is 9.21 Å². The summed E-state index contributed by atoms with van der Waals surface area (Å²) in [5.41, 5.74) is 0. The minimum Gasteiger partial charge on any atom is -0.469 e. The first kappa shape index (κ1) is 14.1. The van der Waals surface area contributed by atoms with Crippen molar-refractivity contribution in [3.8, 4) is 0 Å². The molecule has 2 heterocycles. The number of carbonyl (C=O) groups is 1. The quantitative estimate of drug-likeness (QED) is 0.828. The van der Waals surface area contributed by atoms with Crippen LogP contribution < -0.4 is 10.6 Å². The van der Waals surface area contributed by atoms with Gasteiger partial charge >= 0.3 is 0 Å². The van der Waals surface area contributed by atoms with E-state index in [0.717, 1.165) is 25.1 Å². The van der Waals surface area contributed by atoms with Gasteiger partial charge in [-0.2, -0.15) is 0 Å². The number of rotatable bonds is 6. The zero-order chi connectivity index (χ0) is 13.5. The largest absolute Gasteiger partial charge is 0.469 e.